The van der Waals surface area contributed by atoms with E-state index in [-0.39, 0.29) is 17.5 Å². The molecule has 0 heterocycles. The number of aryl methyl sites for hydroxylation is 1. The summed E-state index contributed by atoms with van der Waals surface area (Å²) in [4.78, 5) is 30.0. The summed E-state index contributed by atoms with van der Waals surface area (Å²) < 4.78 is 13.5. The van der Waals surface area contributed by atoms with Gasteiger partial charge >= 0.3 is 0 Å². The van der Waals surface area contributed by atoms with E-state index in [1.54, 1.807) is 6.07 Å². The van der Waals surface area contributed by atoms with Gasteiger partial charge in [-0.05, 0) is 74.4 Å². The second kappa shape index (κ2) is 11.0. The van der Waals surface area contributed by atoms with Crippen LogP contribution in [0.25, 0.3) is 0 Å². The van der Waals surface area contributed by atoms with Crippen LogP contribution in [0.1, 0.15) is 52.1 Å². The monoisotopic (exact) mass is 461 g/mol. The third-order valence-corrected chi connectivity index (χ3v) is 5.90. The van der Waals surface area contributed by atoms with Gasteiger partial charge in [0.1, 0.15) is 5.82 Å². The molecule has 0 aliphatic heterocycles. The summed E-state index contributed by atoms with van der Waals surface area (Å²) >= 11 is 0. The average molecular weight is 462 g/mol. The van der Waals surface area contributed by atoms with Crippen LogP contribution in [0.15, 0.2) is 66.7 Å². The highest BCUT2D eigenvalue weighted by Gasteiger charge is 2.23. The quantitative estimate of drug-likeness (QED) is 0.455. The fourth-order valence-electron chi connectivity index (χ4n) is 3.83. The summed E-state index contributed by atoms with van der Waals surface area (Å²) in [6, 6.07) is 18.8. The number of halogens is 1. The van der Waals surface area contributed by atoms with Gasteiger partial charge in [0, 0.05) is 49.2 Å². The summed E-state index contributed by atoms with van der Waals surface area (Å²) in [6.45, 7) is 6.46. The number of hydrogen-bond donors (Lipinski definition) is 1. The van der Waals surface area contributed by atoms with Gasteiger partial charge in [-0.15, -0.1) is 0 Å². The molecule has 1 unspecified atom stereocenters. The molecule has 0 aromatic heterocycles. The molecule has 0 fully saturated rings. The Labute approximate surface area is 201 Å². The second-order valence-electron chi connectivity index (χ2n) is 8.76. The van der Waals surface area contributed by atoms with Crippen molar-refractivity contribution in [2.75, 3.05) is 24.3 Å². The summed E-state index contributed by atoms with van der Waals surface area (Å²) in [5.74, 6) is -0.884. The van der Waals surface area contributed by atoms with Crippen LogP contribution < -0.4 is 10.2 Å². The molecule has 5 nitrogen and oxygen atoms in total. The minimum Gasteiger partial charge on any atom is -0.377 e. The predicted molar refractivity (Wildman–Crippen MR) is 136 cm³/mol. The molecule has 3 rings (SSSR count). The Morgan fingerprint density at radius 3 is 2.32 bits per heavy atom. The first-order valence-electron chi connectivity index (χ1n) is 11.4. The van der Waals surface area contributed by atoms with Gasteiger partial charge in [-0.25, -0.2) is 4.39 Å². The number of benzene rings is 3. The van der Waals surface area contributed by atoms with Crippen LogP contribution in [0.4, 0.5) is 15.8 Å². The highest BCUT2D eigenvalue weighted by molar-refractivity contribution is 6.04. The molecular weight excluding hydrogens is 429 g/mol. The van der Waals surface area contributed by atoms with Crippen molar-refractivity contribution in [3.8, 4) is 0 Å². The largest absolute Gasteiger partial charge is 0.377 e. The van der Waals surface area contributed by atoms with E-state index in [0.29, 0.717) is 17.8 Å². The number of carbonyl (C=O) groups excluding carboxylic acids is 2. The van der Waals surface area contributed by atoms with E-state index in [4.69, 9.17) is 0 Å². The number of amides is 2. The highest BCUT2D eigenvalue weighted by Crippen LogP contribution is 2.27. The minimum atomic E-state index is -0.463. The standard InChI is InChI=1S/C28H32FN3O2/c1-6-20(3)32(28(34)22-11-7-9-19(2)15-22)18-23-17-25(13-14-26(23)31(4)5)30-27(33)21-10-8-12-24(29)16-21/h7-17,20H,6,18H2,1-5H3,(H,30,33). The normalized spacial score (nSPS) is 11.6. The van der Waals surface area contributed by atoms with Crippen LogP contribution in [-0.4, -0.2) is 36.9 Å². The molecule has 0 saturated heterocycles. The maximum absolute atomic E-state index is 13.5. The summed E-state index contributed by atoms with van der Waals surface area (Å²) in [6.07, 6.45) is 0.810. The smallest absolute Gasteiger partial charge is 0.255 e. The summed E-state index contributed by atoms with van der Waals surface area (Å²) in [5, 5.41) is 2.85. The lowest BCUT2D eigenvalue weighted by Crippen LogP contribution is -2.38. The molecule has 3 aromatic rings. The number of nitrogens with one attached hydrogen (secondary N) is 1. The zero-order valence-electron chi connectivity index (χ0n) is 20.4. The Hall–Kier alpha value is -3.67. The first-order valence-corrected chi connectivity index (χ1v) is 11.4. The fourth-order valence-corrected chi connectivity index (χ4v) is 3.83. The van der Waals surface area contributed by atoms with E-state index in [0.717, 1.165) is 23.2 Å². The van der Waals surface area contributed by atoms with Gasteiger partial charge in [0.05, 0.1) is 0 Å². The SMILES string of the molecule is CCC(C)N(Cc1cc(NC(=O)c2cccc(F)c2)ccc1N(C)C)C(=O)c1cccc(C)c1. The first kappa shape index (κ1) is 25.0. The molecule has 0 aliphatic carbocycles. The maximum atomic E-state index is 13.5. The van der Waals surface area contributed by atoms with Crippen molar-refractivity contribution in [2.24, 2.45) is 0 Å². The van der Waals surface area contributed by atoms with Crippen molar-refractivity contribution in [2.45, 2.75) is 39.8 Å². The molecule has 0 saturated carbocycles. The van der Waals surface area contributed by atoms with Gasteiger partial charge in [-0.1, -0.05) is 30.7 Å². The van der Waals surface area contributed by atoms with E-state index < -0.39 is 11.7 Å². The van der Waals surface area contributed by atoms with E-state index in [2.05, 4.69) is 12.2 Å². The number of rotatable bonds is 8. The topological polar surface area (TPSA) is 52.7 Å². The lowest BCUT2D eigenvalue weighted by molar-refractivity contribution is 0.0671. The van der Waals surface area contributed by atoms with E-state index in [1.807, 2.05) is 80.2 Å². The Morgan fingerprint density at radius 1 is 0.971 bits per heavy atom. The zero-order valence-corrected chi connectivity index (χ0v) is 20.4. The number of carbonyl (C=O) groups is 2. The number of nitrogens with zero attached hydrogens (tertiary/aromatic N) is 2. The molecule has 3 aromatic carbocycles. The Morgan fingerprint density at radius 2 is 1.68 bits per heavy atom. The Balaban J connectivity index is 1.93. The molecule has 6 heteroatoms. The van der Waals surface area contributed by atoms with Crippen molar-refractivity contribution in [3.63, 3.8) is 0 Å². The lowest BCUT2D eigenvalue weighted by Gasteiger charge is -2.31. The Bertz CT molecular complexity index is 1180. The molecule has 0 spiro atoms. The van der Waals surface area contributed by atoms with Gasteiger partial charge in [0.15, 0.2) is 0 Å². The summed E-state index contributed by atoms with van der Waals surface area (Å²) in [5.41, 5.74) is 4.38. The van der Waals surface area contributed by atoms with E-state index >= 15 is 0 Å². The molecular formula is C28H32FN3O2. The van der Waals surface area contributed by atoms with Crippen molar-refractivity contribution in [1.29, 1.82) is 0 Å². The fraction of sp³-hybridized carbons (Fsp3) is 0.286. The highest BCUT2D eigenvalue weighted by atomic mass is 19.1. The van der Waals surface area contributed by atoms with Crippen LogP contribution in [-0.2, 0) is 6.54 Å². The predicted octanol–water partition coefficient (Wildman–Crippen LogP) is 5.89. The third kappa shape index (κ3) is 6.01. The number of hydrogen-bond acceptors (Lipinski definition) is 3. The van der Waals surface area contributed by atoms with Crippen molar-refractivity contribution in [1.82, 2.24) is 4.90 Å². The van der Waals surface area contributed by atoms with Gasteiger partial charge < -0.3 is 15.1 Å². The van der Waals surface area contributed by atoms with Crippen molar-refractivity contribution >= 4 is 23.2 Å². The maximum Gasteiger partial charge on any atom is 0.255 e. The van der Waals surface area contributed by atoms with Crippen LogP contribution >= 0.6 is 0 Å². The van der Waals surface area contributed by atoms with Crippen molar-refractivity contribution < 1.29 is 14.0 Å². The molecule has 1 atom stereocenters. The molecule has 0 radical (unpaired) electrons. The lowest BCUT2D eigenvalue weighted by atomic mass is 10.1. The van der Waals surface area contributed by atoms with E-state index in [9.17, 15) is 14.0 Å². The van der Waals surface area contributed by atoms with Crippen LogP contribution in [0, 0.1) is 12.7 Å². The van der Waals surface area contributed by atoms with Gasteiger partial charge in [0.2, 0.25) is 0 Å². The molecule has 2 amide bonds. The minimum absolute atomic E-state index is 0.0218. The van der Waals surface area contributed by atoms with E-state index in [1.165, 1.54) is 18.2 Å². The summed E-state index contributed by atoms with van der Waals surface area (Å²) in [7, 11) is 3.89. The first-order chi connectivity index (χ1) is 16.2. The van der Waals surface area contributed by atoms with Gasteiger partial charge in [0.25, 0.3) is 11.8 Å². The molecule has 0 aliphatic rings. The van der Waals surface area contributed by atoms with Crippen LogP contribution in [0.2, 0.25) is 0 Å². The van der Waals surface area contributed by atoms with Gasteiger partial charge in [-0.3, -0.25) is 9.59 Å². The molecule has 34 heavy (non-hydrogen) atoms. The zero-order chi connectivity index (χ0) is 24.8. The molecule has 1 N–H and O–H groups in total. The van der Waals surface area contributed by atoms with Crippen LogP contribution in [0.5, 0.6) is 0 Å². The second-order valence-corrected chi connectivity index (χ2v) is 8.76. The van der Waals surface area contributed by atoms with Gasteiger partial charge in [-0.2, -0.15) is 0 Å². The molecule has 0 bridgehead atoms. The average Bonchev–Trinajstić information content (AvgIpc) is 2.81. The van der Waals surface area contributed by atoms with Crippen molar-refractivity contribution in [3.05, 3.63) is 94.8 Å². The number of anilines is 2. The third-order valence-electron chi connectivity index (χ3n) is 5.90. The van der Waals surface area contributed by atoms with Crippen LogP contribution in [0.3, 0.4) is 0 Å². The Kier molecular flexibility index (Phi) is 8.05. The molecule has 178 valence electrons.